The van der Waals surface area contributed by atoms with Crippen LogP contribution in [-0.4, -0.2) is 74.1 Å². The van der Waals surface area contributed by atoms with Gasteiger partial charge in [0.2, 0.25) is 0 Å². The van der Waals surface area contributed by atoms with Gasteiger partial charge in [0.15, 0.2) is 11.5 Å². The fourth-order valence-electron chi connectivity index (χ4n) is 5.62. The normalized spacial score (nSPS) is 15.8. The molecule has 0 bridgehead atoms. The smallest absolute Gasteiger partial charge is 0.350 e. The highest BCUT2D eigenvalue weighted by Gasteiger charge is 2.33. The van der Waals surface area contributed by atoms with E-state index in [9.17, 15) is 18.5 Å². The molecule has 1 amide bonds. The first kappa shape index (κ1) is 31.5. The van der Waals surface area contributed by atoms with Crippen molar-refractivity contribution in [3.05, 3.63) is 69.6 Å². The van der Waals surface area contributed by atoms with Crippen LogP contribution in [0.4, 0.5) is 14.6 Å². The Morgan fingerprint density at radius 2 is 1.86 bits per heavy atom. The zero-order chi connectivity index (χ0) is 32.2. The van der Waals surface area contributed by atoms with Crippen molar-refractivity contribution in [3.8, 4) is 17.1 Å². The van der Waals surface area contributed by atoms with Gasteiger partial charge in [0, 0.05) is 42.8 Å². The van der Waals surface area contributed by atoms with Gasteiger partial charge in [0.1, 0.15) is 30.0 Å². The van der Waals surface area contributed by atoms with E-state index in [0.717, 1.165) is 0 Å². The van der Waals surface area contributed by atoms with Crippen LogP contribution in [0.15, 0.2) is 47.5 Å². The third-order valence-electron chi connectivity index (χ3n) is 7.65. The lowest BCUT2D eigenvalue weighted by atomic mass is 10.1. The van der Waals surface area contributed by atoms with Gasteiger partial charge in [-0.1, -0.05) is 30.3 Å². The van der Waals surface area contributed by atoms with Gasteiger partial charge in [0.25, 0.3) is 5.91 Å². The van der Waals surface area contributed by atoms with Crippen LogP contribution in [0.3, 0.4) is 0 Å². The number of anilines is 1. The van der Waals surface area contributed by atoms with E-state index in [0.29, 0.717) is 22.2 Å². The first-order chi connectivity index (χ1) is 20.6. The summed E-state index contributed by atoms with van der Waals surface area (Å²) in [5.41, 5.74) is 0.619. The molecule has 10 nitrogen and oxygen atoms in total. The number of rotatable bonds is 6. The van der Waals surface area contributed by atoms with Crippen LogP contribution in [0.25, 0.3) is 28.1 Å². The highest BCUT2D eigenvalue weighted by atomic mass is 35.5. The lowest BCUT2D eigenvalue weighted by molar-refractivity contribution is -0.129. The quantitative estimate of drug-likeness (QED) is 0.213. The Kier molecular flexibility index (Phi) is 8.28. The van der Waals surface area contributed by atoms with E-state index in [4.69, 9.17) is 16.6 Å². The minimum Gasteiger partial charge on any atom is -0.350 e. The summed E-state index contributed by atoms with van der Waals surface area (Å²) < 4.78 is 44.8. The summed E-state index contributed by atoms with van der Waals surface area (Å²) in [6.07, 6.45) is 0. The Bertz CT molecular complexity index is 1930. The molecule has 1 fully saturated rings. The van der Waals surface area contributed by atoms with Crippen LogP contribution in [-0.2, 0) is 9.36 Å². The molecule has 1 aliphatic heterocycles. The Balaban J connectivity index is 1.82. The molecule has 14 heteroatoms. The highest BCUT2D eigenvalue weighted by Crippen LogP contribution is 2.39. The molecule has 4 aromatic rings. The number of halogens is 3. The molecule has 0 saturated carbocycles. The Hall–Kier alpha value is -3.89. The van der Waals surface area contributed by atoms with Crippen molar-refractivity contribution in [1.29, 1.82) is 0 Å². The molecule has 1 atom stereocenters. The lowest BCUT2D eigenvalue weighted by Gasteiger charge is -2.40. The minimum absolute atomic E-state index is 0.123. The zero-order valence-corrected chi connectivity index (χ0v) is 27.0. The molecular formula is C30H33ClF2N7O3P. The number of hydrogen-bond acceptors (Lipinski definition) is 7. The summed E-state index contributed by atoms with van der Waals surface area (Å²) in [4.78, 5) is 38.8. The molecule has 1 aromatic carbocycles. The van der Waals surface area contributed by atoms with Gasteiger partial charge in [-0.15, -0.1) is 0 Å². The molecule has 0 radical (unpaired) electrons. The Morgan fingerprint density at radius 1 is 1.18 bits per heavy atom. The molecule has 0 unspecified atom stereocenters. The van der Waals surface area contributed by atoms with Crippen molar-refractivity contribution in [2.75, 3.05) is 37.9 Å². The van der Waals surface area contributed by atoms with Crippen molar-refractivity contribution < 1.29 is 18.1 Å². The van der Waals surface area contributed by atoms with Gasteiger partial charge < -0.3 is 14.4 Å². The number of hydrogen-bond donors (Lipinski definition) is 0. The molecule has 3 aromatic heterocycles. The van der Waals surface area contributed by atoms with Gasteiger partial charge in [0.05, 0.1) is 16.1 Å². The predicted molar refractivity (Wildman–Crippen MR) is 169 cm³/mol. The van der Waals surface area contributed by atoms with E-state index < -0.39 is 30.4 Å². The van der Waals surface area contributed by atoms with E-state index in [-0.39, 0.29) is 59.5 Å². The van der Waals surface area contributed by atoms with Gasteiger partial charge >= 0.3 is 5.69 Å². The van der Waals surface area contributed by atoms with Gasteiger partial charge in [-0.25, -0.2) is 27.8 Å². The van der Waals surface area contributed by atoms with Crippen molar-refractivity contribution in [2.45, 2.75) is 39.8 Å². The first-order valence-electron chi connectivity index (χ1n) is 14.0. The number of aromatic nitrogens is 5. The first-order valence-corrected chi connectivity index (χ1v) is 17.0. The zero-order valence-electron chi connectivity index (χ0n) is 25.3. The number of carbonyl (C=O) groups is 1. The lowest BCUT2D eigenvalue weighted by Crippen LogP contribution is -2.54. The maximum absolute atomic E-state index is 15.0. The molecule has 44 heavy (non-hydrogen) atoms. The maximum atomic E-state index is 15.0. The maximum Gasteiger partial charge on any atom is 0.357 e. The van der Waals surface area contributed by atoms with Crippen molar-refractivity contribution >= 4 is 46.9 Å². The van der Waals surface area contributed by atoms with E-state index in [1.54, 1.807) is 49.2 Å². The monoisotopic (exact) mass is 643 g/mol. The second-order valence-corrected chi connectivity index (χ2v) is 15.1. The molecule has 5 rings (SSSR count). The molecule has 0 aliphatic carbocycles. The van der Waals surface area contributed by atoms with Crippen molar-refractivity contribution in [1.82, 2.24) is 29.2 Å². The van der Waals surface area contributed by atoms with Crippen LogP contribution in [0.5, 0.6) is 0 Å². The van der Waals surface area contributed by atoms with Gasteiger partial charge in [-0.05, 0) is 59.2 Å². The molecular weight excluding hydrogens is 611 g/mol. The predicted octanol–water partition coefficient (Wildman–Crippen LogP) is 5.09. The second-order valence-electron chi connectivity index (χ2n) is 11.6. The largest absolute Gasteiger partial charge is 0.357 e. The number of amides is 1. The number of fused-ring (bicyclic) bond motifs is 1. The summed E-state index contributed by atoms with van der Waals surface area (Å²) in [7, 11) is -2.86. The van der Waals surface area contributed by atoms with Crippen LogP contribution < -0.4 is 16.0 Å². The molecule has 1 aliphatic rings. The molecule has 1 saturated heterocycles. The summed E-state index contributed by atoms with van der Waals surface area (Å²) in [5, 5.41) is 5.17. The average molecular weight is 644 g/mol. The number of nitrogens with zero attached hydrogens (tertiary/aromatic N) is 7. The van der Waals surface area contributed by atoms with E-state index >= 15 is 4.39 Å². The van der Waals surface area contributed by atoms with E-state index in [1.165, 1.54) is 15.5 Å². The molecule has 4 heterocycles. The molecule has 232 valence electrons. The Morgan fingerprint density at radius 3 is 2.45 bits per heavy atom. The minimum atomic E-state index is -2.86. The number of carbonyl (C=O) groups excluding carboxylic acids is 1. The fourth-order valence-corrected chi connectivity index (χ4v) is 7.10. The summed E-state index contributed by atoms with van der Waals surface area (Å²) >= 11 is 6.75. The summed E-state index contributed by atoms with van der Waals surface area (Å²) in [6.45, 7) is 14.2. The number of benzene rings is 1. The fraction of sp³-hybridized carbons (Fsp3) is 0.367. The van der Waals surface area contributed by atoms with Crippen molar-refractivity contribution in [2.24, 2.45) is 0 Å². The molecule has 0 spiro atoms. The second kappa shape index (κ2) is 11.6. The SMILES string of the molecule is C=C(F)C(=O)N1CCN(c2nc(=O)n(-c3c(C)c(P(C)(C)=O)nn3C(C)C)c3nc(-c4ccccc4F)c(Cl)cc23)[C@@H](C)C1. The van der Waals surface area contributed by atoms with Crippen molar-refractivity contribution in [3.63, 3.8) is 0 Å². The average Bonchev–Trinajstić information content (AvgIpc) is 3.30. The topological polar surface area (TPSA) is 106 Å². The van der Waals surface area contributed by atoms with Crippen LogP contribution in [0, 0.1) is 12.7 Å². The third-order valence-corrected chi connectivity index (χ3v) is 9.38. The standard InChI is InChI=1S/C30H33ClF2N7O3P/c1-16(2)40-28(18(4)27(36-40)44(6,7)43)39-26-21(14-22(31)24(34-26)20-10-8-9-11-23(20)33)25(35-30(39)42)38-13-12-37(15-17(38)3)29(41)19(5)32/h8-11,14,16-17H,5,12-13,15H2,1-4,6-7H3/t17-/m0/s1. The van der Waals surface area contributed by atoms with E-state index in [2.05, 4.69) is 16.7 Å². The third kappa shape index (κ3) is 5.45. The van der Waals surface area contributed by atoms with E-state index in [1.807, 2.05) is 25.7 Å². The van der Waals surface area contributed by atoms with Crippen LogP contribution >= 0.6 is 18.7 Å². The summed E-state index contributed by atoms with van der Waals surface area (Å²) in [6, 6.07) is 7.03. The van der Waals surface area contributed by atoms with Crippen LogP contribution in [0.2, 0.25) is 5.02 Å². The summed E-state index contributed by atoms with van der Waals surface area (Å²) in [5.74, 6) is -1.78. The highest BCUT2D eigenvalue weighted by molar-refractivity contribution is 7.70. The number of piperazine rings is 1. The number of pyridine rings is 1. The van der Waals surface area contributed by atoms with Gasteiger partial charge in [-0.3, -0.25) is 4.79 Å². The van der Waals surface area contributed by atoms with Gasteiger partial charge in [-0.2, -0.15) is 10.1 Å². The Labute approximate surface area is 258 Å². The molecule has 0 N–H and O–H groups in total. The van der Waals surface area contributed by atoms with Crippen LogP contribution in [0.1, 0.15) is 32.4 Å².